The van der Waals surface area contributed by atoms with Crippen molar-refractivity contribution in [3.63, 3.8) is 0 Å². The highest BCUT2D eigenvalue weighted by molar-refractivity contribution is 6.92. The minimum absolute atomic E-state index is 2.91. The van der Waals surface area contributed by atoms with Gasteiger partial charge in [-0.2, -0.15) is 0 Å². The van der Waals surface area contributed by atoms with Crippen LogP contribution in [0.5, 0.6) is 0 Å². The topological polar surface area (TPSA) is 40.1 Å². The molecule has 0 aromatic carbocycles. The average molecular weight is 95.5 g/mol. The van der Waals surface area contributed by atoms with Gasteiger partial charge in [-0.25, -0.2) is 0 Å². The van der Waals surface area contributed by atoms with Crippen LogP contribution in [0.15, 0.2) is 0 Å². The highest BCUT2D eigenvalue weighted by Crippen LogP contribution is 1.51. The van der Waals surface area contributed by atoms with Crippen molar-refractivity contribution in [1.29, 1.82) is 0 Å². The van der Waals surface area contributed by atoms with Gasteiger partial charge in [0.25, 0.3) is 8.24 Å². The molecule has 0 radical (unpaired) electrons. The van der Waals surface area contributed by atoms with E-state index in [0.29, 0.717) is 0 Å². The van der Waals surface area contributed by atoms with E-state index in [1.807, 2.05) is 0 Å². The van der Waals surface area contributed by atoms with Gasteiger partial charge >= 0.3 is 0 Å². The van der Waals surface area contributed by atoms with E-state index >= 15 is 0 Å². The monoisotopic (exact) mass is 94.9 g/mol. The molecular formula is ClO2Si-. The molecule has 0 fully saturated rings. The summed E-state index contributed by atoms with van der Waals surface area (Å²) in [5, 5.41) is 0. The summed E-state index contributed by atoms with van der Waals surface area (Å²) in [5.74, 6) is 0. The van der Waals surface area contributed by atoms with Crippen molar-refractivity contribution in [1.82, 2.24) is 0 Å². The second kappa shape index (κ2) is 1.43. The van der Waals surface area contributed by atoms with Crippen molar-refractivity contribution in [2.75, 3.05) is 0 Å². The molecule has 4 heteroatoms. The van der Waals surface area contributed by atoms with Crippen molar-refractivity contribution < 1.29 is 9.26 Å². The van der Waals surface area contributed by atoms with Crippen LogP contribution in [0.25, 0.3) is 0 Å². The SMILES string of the molecule is O=[Si]([O-])Cl. The predicted molar refractivity (Wildman–Crippen MR) is 12.3 cm³/mol. The molecule has 0 saturated carbocycles. The van der Waals surface area contributed by atoms with Crippen molar-refractivity contribution in [3.05, 3.63) is 0 Å². The molecule has 0 atom stereocenters. The Bertz CT molecular complexity index is 29.0. The van der Waals surface area contributed by atoms with Crippen LogP contribution in [0.4, 0.5) is 0 Å². The number of hydrogen-bond acceptors (Lipinski definition) is 2. The average Bonchev–Trinajstić information content (AvgIpc) is 0.811. The maximum atomic E-state index is 8.84. The quantitative estimate of drug-likeness (QED) is 0.286. The molecule has 0 amide bonds. The van der Waals surface area contributed by atoms with Crippen LogP contribution in [0.1, 0.15) is 0 Å². The first-order chi connectivity index (χ1) is 1.73. The molecule has 4 heavy (non-hydrogen) atoms. The summed E-state index contributed by atoms with van der Waals surface area (Å²) in [6.07, 6.45) is 0. The normalized spacial score (nSPS) is 6.25. The molecule has 0 aliphatic carbocycles. The van der Waals surface area contributed by atoms with Gasteiger partial charge in [-0.15, -0.1) is 11.1 Å². The van der Waals surface area contributed by atoms with E-state index in [2.05, 4.69) is 11.1 Å². The number of hydrogen-bond donors (Lipinski definition) is 0. The van der Waals surface area contributed by atoms with Gasteiger partial charge in [0.2, 0.25) is 0 Å². The van der Waals surface area contributed by atoms with Crippen molar-refractivity contribution in [2.45, 2.75) is 0 Å². The second-order valence-corrected chi connectivity index (χ2v) is 1.64. The van der Waals surface area contributed by atoms with E-state index in [9.17, 15) is 0 Å². The fourth-order valence-electron chi connectivity index (χ4n) is 0. The van der Waals surface area contributed by atoms with Gasteiger partial charge in [-0.3, -0.25) is 0 Å². The molecule has 0 aliphatic heterocycles. The molecule has 0 saturated heterocycles. The molecule has 0 bridgehead atoms. The van der Waals surface area contributed by atoms with Gasteiger partial charge < -0.3 is 9.26 Å². The summed E-state index contributed by atoms with van der Waals surface area (Å²) < 4.78 is 8.84. The first kappa shape index (κ1) is 4.11. The Balaban J connectivity index is 2.80. The van der Waals surface area contributed by atoms with E-state index in [0.717, 1.165) is 0 Å². The second-order valence-electron chi connectivity index (χ2n) is 0.238. The third-order valence-corrected chi connectivity index (χ3v) is 0. The summed E-state index contributed by atoms with van der Waals surface area (Å²) in [6.45, 7) is 0. The molecule has 0 N–H and O–H groups in total. The molecular weight excluding hydrogens is 95.5 g/mol. The smallest absolute Gasteiger partial charge is 0.257 e. The van der Waals surface area contributed by atoms with E-state index in [-0.39, 0.29) is 0 Å². The summed E-state index contributed by atoms with van der Waals surface area (Å²) in [6, 6.07) is 0. The highest BCUT2D eigenvalue weighted by Gasteiger charge is 1.56. The first-order valence-corrected chi connectivity index (χ1v) is 2.93. The fraction of sp³-hybridized carbons (Fsp3) is 0. The van der Waals surface area contributed by atoms with Crippen LogP contribution in [0, 0.1) is 0 Å². The van der Waals surface area contributed by atoms with Gasteiger partial charge in [0.05, 0.1) is 0 Å². The van der Waals surface area contributed by atoms with Gasteiger partial charge in [0, 0.05) is 0 Å². The third-order valence-electron chi connectivity index (χ3n) is 0. The van der Waals surface area contributed by atoms with Crippen molar-refractivity contribution >= 4 is 19.3 Å². The molecule has 0 aromatic heterocycles. The zero-order valence-corrected chi connectivity index (χ0v) is 3.45. The molecule has 0 unspecified atom stereocenters. The standard InChI is InChI=1S/ClO2Si/c1-4(2)3/q-1. The predicted octanol–water partition coefficient (Wildman–Crippen LogP) is -0.999. The lowest BCUT2D eigenvalue weighted by atomic mass is 15.9. The highest BCUT2D eigenvalue weighted by atomic mass is 35.6. The minimum Gasteiger partial charge on any atom is -0.572 e. The lowest BCUT2D eigenvalue weighted by molar-refractivity contribution is -0.192. The van der Waals surface area contributed by atoms with E-state index < -0.39 is 8.24 Å². The molecule has 0 spiro atoms. The van der Waals surface area contributed by atoms with Crippen molar-refractivity contribution in [3.8, 4) is 0 Å². The Morgan fingerprint density at radius 3 is 2.00 bits per heavy atom. The Hall–Kier alpha value is 0.107. The third kappa shape index (κ3) is 226. The zero-order chi connectivity index (χ0) is 3.58. The number of halogens is 1. The van der Waals surface area contributed by atoms with Gasteiger partial charge in [0.1, 0.15) is 0 Å². The summed E-state index contributed by atoms with van der Waals surface area (Å²) in [4.78, 5) is 8.84. The molecule has 24 valence electrons. The fourth-order valence-corrected chi connectivity index (χ4v) is 0. The molecule has 0 aliphatic rings. The van der Waals surface area contributed by atoms with Gasteiger partial charge in [0.15, 0.2) is 0 Å². The van der Waals surface area contributed by atoms with Crippen LogP contribution in [0.2, 0.25) is 0 Å². The van der Waals surface area contributed by atoms with Gasteiger partial charge in [-0.1, -0.05) is 0 Å². The van der Waals surface area contributed by atoms with Crippen LogP contribution in [-0.2, 0) is 4.46 Å². The minimum atomic E-state index is -2.91. The molecule has 0 aromatic rings. The van der Waals surface area contributed by atoms with Gasteiger partial charge in [-0.05, 0) is 0 Å². The maximum absolute atomic E-state index is 8.84. The van der Waals surface area contributed by atoms with Crippen LogP contribution >= 0.6 is 11.1 Å². The summed E-state index contributed by atoms with van der Waals surface area (Å²) in [5.41, 5.74) is 0. The van der Waals surface area contributed by atoms with Crippen LogP contribution in [-0.4, -0.2) is 8.24 Å². The van der Waals surface area contributed by atoms with Crippen molar-refractivity contribution in [2.24, 2.45) is 0 Å². The number of rotatable bonds is 0. The maximum Gasteiger partial charge on any atom is 0.257 e. The lowest BCUT2D eigenvalue weighted by Crippen LogP contribution is -2.09. The Kier molecular flexibility index (Phi) is 1.47. The molecule has 0 rings (SSSR count). The summed E-state index contributed by atoms with van der Waals surface area (Å²) >= 11 is 4.27. The Morgan fingerprint density at radius 2 is 2.00 bits per heavy atom. The largest absolute Gasteiger partial charge is 0.572 e. The molecule has 2 nitrogen and oxygen atoms in total. The first-order valence-electron chi connectivity index (χ1n) is 0.597. The van der Waals surface area contributed by atoms with E-state index in [1.54, 1.807) is 0 Å². The Labute approximate surface area is 29.5 Å². The Morgan fingerprint density at radius 1 is 2.00 bits per heavy atom. The van der Waals surface area contributed by atoms with Crippen LogP contribution < -0.4 is 4.80 Å². The zero-order valence-electron chi connectivity index (χ0n) is 1.69. The molecule has 0 heterocycles. The summed E-state index contributed by atoms with van der Waals surface area (Å²) in [7, 11) is -2.91. The van der Waals surface area contributed by atoms with Crippen LogP contribution in [0.3, 0.4) is 0 Å². The lowest BCUT2D eigenvalue weighted by Gasteiger charge is -1.70. The van der Waals surface area contributed by atoms with E-state index in [1.165, 1.54) is 0 Å². The van der Waals surface area contributed by atoms with E-state index in [4.69, 9.17) is 9.26 Å².